The smallest absolute Gasteiger partial charge is 0.337 e. The molecule has 0 aliphatic carbocycles. The Morgan fingerprint density at radius 2 is 2.35 bits per heavy atom. The van der Waals surface area contributed by atoms with Crippen LogP contribution < -0.4 is 11.1 Å². The summed E-state index contributed by atoms with van der Waals surface area (Å²) in [6.07, 6.45) is 1.73. The number of carboxylic acids is 1. The molecule has 0 radical (unpaired) electrons. The van der Waals surface area contributed by atoms with Crippen molar-refractivity contribution < 1.29 is 9.90 Å². The molecule has 0 fully saturated rings. The molecule has 0 amide bonds. The Balaban J connectivity index is 2.22. The van der Waals surface area contributed by atoms with Gasteiger partial charge in [0.05, 0.1) is 29.0 Å². The number of nitrogen functional groups attached to an aromatic ring is 1. The third-order valence-electron chi connectivity index (χ3n) is 2.25. The van der Waals surface area contributed by atoms with Crippen LogP contribution in [0.2, 0.25) is 0 Å². The highest BCUT2D eigenvalue weighted by molar-refractivity contribution is 7.09. The maximum absolute atomic E-state index is 11.0. The van der Waals surface area contributed by atoms with Crippen LogP contribution in [0.4, 0.5) is 11.4 Å². The number of benzene rings is 1. The minimum Gasteiger partial charge on any atom is -0.478 e. The molecule has 0 unspecified atom stereocenters. The fraction of sp³-hybridized carbons (Fsp3) is 0.0909. The van der Waals surface area contributed by atoms with Gasteiger partial charge < -0.3 is 16.2 Å². The third kappa shape index (κ3) is 2.54. The molecule has 88 valence electrons. The number of carbonyl (C=O) groups is 1. The van der Waals surface area contributed by atoms with Crippen molar-refractivity contribution in [2.24, 2.45) is 0 Å². The lowest BCUT2D eigenvalue weighted by atomic mass is 10.1. The Bertz CT molecular complexity index is 526. The summed E-state index contributed by atoms with van der Waals surface area (Å²) < 4.78 is 0. The number of nitrogens with two attached hydrogens (primary N) is 1. The van der Waals surface area contributed by atoms with E-state index < -0.39 is 5.97 Å². The van der Waals surface area contributed by atoms with Crippen molar-refractivity contribution in [1.29, 1.82) is 0 Å². The van der Waals surface area contributed by atoms with Crippen molar-refractivity contribution in [3.05, 3.63) is 40.3 Å². The van der Waals surface area contributed by atoms with E-state index in [0.717, 1.165) is 4.88 Å². The van der Waals surface area contributed by atoms with E-state index in [-0.39, 0.29) is 5.56 Å². The van der Waals surface area contributed by atoms with Crippen LogP contribution >= 0.6 is 11.3 Å². The molecule has 17 heavy (non-hydrogen) atoms. The van der Waals surface area contributed by atoms with Crippen LogP contribution in [-0.4, -0.2) is 16.1 Å². The van der Waals surface area contributed by atoms with Crippen molar-refractivity contribution in [3.63, 3.8) is 0 Å². The second-order valence-corrected chi connectivity index (χ2v) is 4.37. The third-order valence-corrected chi connectivity index (χ3v) is 3.03. The first-order valence-electron chi connectivity index (χ1n) is 4.91. The van der Waals surface area contributed by atoms with Gasteiger partial charge in [0.2, 0.25) is 0 Å². The lowest BCUT2D eigenvalue weighted by molar-refractivity contribution is 0.0698. The topological polar surface area (TPSA) is 88.2 Å². The molecule has 0 aliphatic rings. The Hall–Kier alpha value is -2.08. The average Bonchev–Trinajstić information content (AvgIpc) is 2.80. The molecular formula is C11H11N3O2S. The van der Waals surface area contributed by atoms with Crippen LogP contribution in [0.3, 0.4) is 0 Å². The number of para-hydroxylation sites is 1. The molecule has 1 aromatic heterocycles. The monoisotopic (exact) mass is 249 g/mol. The van der Waals surface area contributed by atoms with Gasteiger partial charge in [0.15, 0.2) is 0 Å². The Morgan fingerprint density at radius 3 is 3.00 bits per heavy atom. The van der Waals surface area contributed by atoms with Gasteiger partial charge >= 0.3 is 5.97 Å². The highest BCUT2D eigenvalue weighted by atomic mass is 32.1. The lowest BCUT2D eigenvalue weighted by Crippen LogP contribution is -2.08. The van der Waals surface area contributed by atoms with Crippen molar-refractivity contribution in [3.8, 4) is 0 Å². The van der Waals surface area contributed by atoms with Gasteiger partial charge in [-0.05, 0) is 12.1 Å². The minimum atomic E-state index is -0.996. The number of carboxylic acid groups (broad SMARTS) is 1. The van der Waals surface area contributed by atoms with Gasteiger partial charge in [0.25, 0.3) is 0 Å². The van der Waals surface area contributed by atoms with Gasteiger partial charge in [0.1, 0.15) is 0 Å². The van der Waals surface area contributed by atoms with Crippen LogP contribution in [-0.2, 0) is 6.54 Å². The normalized spacial score (nSPS) is 10.1. The second-order valence-electron chi connectivity index (χ2n) is 3.40. The van der Waals surface area contributed by atoms with Crippen molar-refractivity contribution >= 4 is 28.7 Å². The average molecular weight is 249 g/mol. The second kappa shape index (κ2) is 4.84. The van der Waals surface area contributed by atoms with Crippen LogP contribution in [0, 0.1) is 0 Å². The quantitative estimate of drug-likeness (QED) is 0.721. The van der Waals surface area contributed by atoms with E-state index in [1.54, 1.807) is 23.8 Å². The lowest BCUT2D eigenvalue weighted by Gasteiger charge is -2.11. The van der Waals surface area contributed by atoms with E-state index in [0.29, 0.717) is 17.9 Å². The minimum absolute atomic E-state index is 0.175. The zero-order chi connectivity index (χ0) is 12.3. The maximum atomic E-state index is 11.0. The van der Waals surface area contributed by atoms with Crippen LogP contribution in [0.1, 0.15) is 15.2 Å². The Labute approximate surface area is 102 Å². The van der Waals surface area contributed by atoms with Crippen LogP contribution in [0.25, 0.3) is 0 Å². The number of anilines is 2. The molecule has 2 aromatic rings. The molecule has 0 saturated carbocycles. The SMILES string of the molecule is Nc1cccc(C(=O)O)c1NCc1cncs1. The van der Waals surface area contributed by atoms with E-state index in [1.165, 1.54) is 17.4 Å². The summed E-state index contributed by atoms with van der Waals surface area (Å²) >= 11 is 1.50. The summed E-state index contributed by atoms with van der Waals surface area (Å²) in [6.45, 7) is 0.513. The molecule has 0 aliphatic heterocycles. The summed E-state index contributed by atoms with van der Waals surface area (Å²) in [5.74, 6) is -0.996. The van der Waals surface area contributed by atoms with Gasteiger partial charge in [-0.3, -0.25) is 4.98 Å². The van der Waals surface area contributed by atoms with Crippen LogP contribution in [0.15, 0.2) is 29.9 Å². The number of thiazole rings is 1. The van der Waals surface area contributed by atoms with E-state index in [2.05, 4.69) is 10.3 Å². The number of nitrogens with zero attached hydrogens (tertiary/aromatic N) is 1. The van der Waals surface area contributed by atoms with E-state index in [9.17, 15) is 4.79 Å². The number of hydrogen-bond donors (Lipinski definition) is 3. The van der Waals surface area contributed by atoms with E-state index >= 15 is 0 Å². The van der Waals surface area contributed by atoms with Gasteiger partial charge in [-0.2, -0.15) is 0 Å². The predicted molar refractivity (Wildman–Crippen MR) is 67.3 cm³/mol. The number of aromatic nitrogens is 1. The molecule has 1 heterocycles. The molecule has 5 nitrogen and oxygen atoms in total. The highest BCUT2D eigenvalue weighted by Gasteiger charge is 2.12. The van der Waals surface area contributed by atoms with Gasteiger partial charge in [-0.25, -0.2) is 4.79 Å². The molecule has 0 atom stereocenters. The standard InChI is InChI=1S/C11H11N3O2S/c12-9-3-1-2-8(11(15)16)10(9)14-5-7-4-13-6-17-7/h1-4,6,14H,5,12H2,(H,15,16). The summed E-state index contributed by atoms with van der Waals surface area (Å²) in [4.78, 5) is 16.0. The highest BCUT2D eigenvalue weighted by Crippen LogP contribution is 2.24. The molecule has 0 bridgehead atoms. The molecule has 2 rings (SSSR count). The number of hydrogen-bond acceptors (Lipinski definition) is 5. The molecule has 4 N–H and O–H groups in total. The Kier molecular flexibility index (Phi) is 3.24. The van der Waals surface area contributed by atoms with Crippen molar-refractivity contribution in [1.82, 2.24) is 4.98 Å². The van der Waals surface area contributed by atoms with E-state index in [4.69, 9.17) is 10.8 Å². The predicted octanol–water partition coefficient (Wildman–Crippen LogP) is 2.04. The van der Waals surface area contributed by atoms with Crippen LogP contribution in [0.5, 0.6) is 0 Å². The van der Waals surface area contributed by atoms with Crippen molar-refractivity contribution in [2.45, 2.75) is 6.54 Å². The molecule has 0 spiro atoms. The number of nitrogens with one attached hydrogen (secondary N) is 1. The summed E-state index contributed by atoms with van der Waals surface area (Å²) in [7, 11) is 0. The first-order valence-corrected chi connectivity index (χ1v) is 5.79. The van der Waals surface area contributed by atoms with Crippen molar-refractivity contribution in [2.75, 3.05) is 11.1 Å². The number of rotatable bonds is 4. The largest absolute Gasteiger partial charge is 0.478 e. The van der Waals surface area contributed by atoms with Gasteiger partial charge in [-0.1, -0.05) is 6.07 Å². The molecule has 0 saturated heterocycles. The summed E-state index contributed by atoms with van der Waals surface area (Å²) in [6, 6.07) is 4.81. The maximum Gasteiger partial charge on any atom is 0.337 e. The first-order chi connectivity index (χ1) is 8.18. The fourth-order valence-corrected chi connectivity index (χ4v) is 1.98. The van der Waals surface area contributed by atoms with Gasteiger partial charge in [-0.15, -0.1) is 11.3 Å². The zero-order valence-electron chi connectivity index (χ0n) is 8.88. The van der Waals surface area contributed by atoms with E-state index in [1.807, 2.05) is 0 Å². The fourth-order valence-electron chi connectivity index (χ4n) is 1.45. The molecule has 1 aromatic carbocycles. The summed E-state index contributed by atoms with van der Waals surface area (Å²) in [5.41, 5.74) is 8.54. The Morgan fingerprint density at radius 1 is 1.53 bits per heavy atom. The molecular weight excluding hydrogens is 238 g/mol. The molecule has 6 heteroatoms. The summed E-state index contributed by atoms with van der Waals surface area (Å²) in [5, 5.41) is 12.1. The first kappa shape index (κ1) is 11.4. The van der Waals surface area contributed by atoms with Gasteiger partial charge in [0, 0.05) is 11.1 Å². The zero-order valence-corrected chi connectivity index (χ0v) is 9.70. The number of aromatic carboxylic acids is 1.